The second kappa shape index (κ2) is 7.78. The third-order valence-electron chi connectivity index (χ3n) is 5.19. The van der Waals surface area contributed by atoms with E-state index in [1.807, 2.05) is 36.4 Å². The van der Waals surface area contributed by atoms with Gasteiger partial charge in [0.05, 0.1) is 11.6 Å². The predicted molar refractivity (Wildman–Crippen MR) is 108 cm³/mol. The van der Waals surface area contributed by atoms with Crippen molar-refractivity contribution >= 4 is 22.7 Å². The second-order valence-electron chi connectivity index (χ2n) is 7.07. The molecule has 1 aliphatic heterocycles. The molecule has 7 nitrogen and oxygen atoms in total. The quantitative estimate of drug-likeness (QED) is 0.531. The van der Waals surface area contributed by atoms with Crippen LogP contribution in [-0.4, -0.2) is 40.6 Å². The first-order valence-electron chi connectivity index (χ1n) is 9.42. The van der Waals surface area contributed by atoms with Crippen molar-refractivity contribution in [2.75, 3.05) is 6.54 Å². The molecule has 29 heavy (non-hydrogen) atoms. The van der Waals surface area contributed by atoms with Crippen molar-refractivity contribution in [3.8, 4) is 17.3 Å². The molecule has 146 valence electrons. The highest BCUT2D eigenvalue weighted by Gasteiger charge is 2.34. The fourth-order valence-electron chi connectivity index (χ4n) is 3.67. The van der Waals surface area contributed by atoms with Crippen LogP contribution in [0.5, 0.6) is 0 Å². The molecular weight excluding hydrogens is 368 g/mol. The van der Waals surface area contributed by atoms with E-state index in [9.17, 15) is 14.7 Å². The Kier molecular flexibility index (Phi) is 5.02. The third kappa shape index (κ3) is 3.71. The number of β-amino-alcohol motifs (C(OH)–C–C–N with tert-alkyl or cyclic N) is 1. The van der Waals surface area contributed by atoms with Crippen molar-refractivity contribution in [1.82, 2.24) is 15.6 Å². The van der Waals surface area contributed by atoms with Gasteiger partial charge >= 0.3 is 0 Å². The summed E-state index contributed by atoms with van der Waals surface area (Å²) in [4.78, 5) is 27.5. The Labute approximate surface area is 167 Å². The number of amides is 2. The lowest BCUT2D eigenvalue weighted by Gasteiger charge is -2.13. The van der Waals surface area contributed by atoms with Gasteiger partial charge in [-0.25, -0.2) is 0 Å². The summed E-state index contributed by atoms with van der Waals surface area (Å²) < 4.78 is 0. The Morgan fingerprint density at radius 1 is 1.21 bits per heavy atom. The number of nitrogens with zero attached hydrogens (tertiary/aromatic N) is 1. The van der Waals surface area contributed by atoms with Crippen molar-refractivity contribution in [3.63, 3.8) is 0 Å². The van der Waals surface area contributed by atoms with Crippen LogP contribution in [0.1, 0.15) is 17.5 Å². The van der Waals surface area contributed by atoms with Crippen LogP contribution in [0.4, 0.5) is 0 Å². The number of carbonyl (C=O) groups is 2. The Morgan fingerprint density at radius 2 is 1.97 bits per heavy atom. The van der Waals surface area contributed by atoms with Gasteiger partial charge in [-0.1, -0.05) is 30.3 Å². The van der Waals surface area contributed by atoms with Crippen LogP contribution in [0, 0.1) is 11.3 Å². The number of nitrogens with one attached hydrogen (secondary N) is 3. The number of aromatic amines is 1. The first-order valence-corrected chi connectivity index (χ1v) is 9.42. The number of nitriles is 1. The third-order valence-corrected chi connectivity index (χ3v) is 5.19. The molecule has 0 radical (unpaired) electrons. The monoisotopic (exact) mass is 388 g/mol. The van der Waals surface area contributed by atoms with Gasteiger partial charge in [0, 0.05) is 29.6 Å². The van der Waals surface area contributed by atoms with Crippen molar-refractivity contribution in [1.29, 1.82) is 5.26 Å². The van der Waals surface area contributed by atoms with Gasteiger partial charge in [0.1, 0.15) is 12.1 Å². The molecule has 2 atom stereocenters. The van der Waals surface area contributed by atoms with Crippen LogP contribution in [0.2, 0.25) is 0 Å². The molecule has 4 N–H and O–H groups in total. The van der Waals surface area contributed by atoms with Crippen molar-refractivity contribution in [3.05, 3.63) is 59.7 Å². The Morgan fingerprint density at radius 3 is 2.66 bits per heavy atom. The maximum atomic E-state index is 12.4. The fourth-order valence-corrected chi connectivity index (χ4v) is 3.67. The molecular formula is C22H20N4O3. The zero-order chi connectivity index (χ0) is 20.4. The summed E-state index contributed by atoms with van der Waals surface area (Å²) in [6, 6.07) is 16.4. The highest BCUT2D eigenvalue weighted by atomic mass is 16.3. The normalized spacial score (nSPS) is 18.4. The molecule has 2 amide bonds. The number of rotatable bonds is 5. The van der Waals surface area contributed by atoms with Gasteiger partial charge in [0.25, 0.3) is 0 Å². The molecule has 0 saturated carbocycles. The number of aliphatic hydroxyl groups excluding tert-OH is 1. The zero-order valence-electron chi connectivity index (χ0n) is 15.6. The van der Waals surface area contributed by atoms with E-state index in [1.165, 1.54) is 0 Å². The molecule has 0 aliphatic carbocycles. The fraction of sp³-hybridized carbons (Fsp3) is 0.227. The highest BCUT2D eigenvalue weighted by molar-refractivity contribution is 5.92. The van der Waals surface area contributed by atoms with Gasteiger partial charge in [-0.15, -0.1) is 0 Å². The molecule has 3 aromatic rings. The van der Waals surface area contributed by atoms with Crippen LogP contribution >= 0.6 is 0 Å². The van der Waals surface area contributed by atoms with Crippen LogP contribution < -0.4 is 10.6 Å². The summed E-state index contributed by atoms with van der Waals surface area (Å²) in [5.74, 6) is -0.654. The lowest BCUT2D eigenvalue weighted by Crippen LogP contribution is -2.45. The largest absolute Gasteiger partial charge is 0.389 e. The van der Waals surface area contributed by atoms with E-state index in [2.05, 4.69) is 21.7 Å². The van der Waals surface area contributed by atoms with Crippen molar-refractivity contribution in [2.24, 2.45) is 0 Å². The molecule has 1 fully saturated rings. The molecule has 4 rings (SSSR count). The SMILES string of the molecule is N#Cc1ccc(-c2[nH]c3ccccc3c2CCC(=O)NC2C(=O)NCC2O)cc1. The minimum absolute atomic E-state index is 0.148. The minimum Gasteiger partial charge on any atom is -0.389 e. The maximum absolute atomic E-state index is 12.4. The van der Waals surface area contributed by atoms with Gasteiger partial charge in [-0.05, 0) is 35.7 Å². The van der Waals surface area contributed by atoms with Gasteiger partial charge in [-0.2, -0.15) is 5.26 Å². The second-order valence-corrected chi connectivity index (χ2v) is 7.07. The average molecular weight is 388 g/mol. The van der Waals surface area contributed by atoms with E-state index in [0.717, 1.165) is 27.7 Å². The maximum Gasteiger partial charge on any atom is 0.245 e. The zero-order valence-corrected chi connectivity index (χ0v) is 15.6. The van der Waals surface area contributed by atoms with Gasteiger partial charge in [-0.3, -0.25) is 9.59 Å². The number of benzene rings is 2. The number of aliphatic hydroxyl groups is 1. The van der Waals surface area contributed by atoms with Crippen LogP contribution in [0.25, 0.3) is 22.2 Å². The van der Waals surface area contributed by atoms with E-state index in [-0.39, 0.29) is 24.8 Å². The number of H-pyrrole nitrogens is 1. The van der Waals surface area contributed by atoms with Crippen molar-refractivity contribution < 1.29 is 14.7 Å². The molecule has 2 heterocycles. The number of fused-ring (bicyclic) bond motifs is 1. The Balaban J connectivity index is 1.58. The predicted octanol–water partition coefficient (Wildman–Crippen LogP) is 1.61. The van der Waals surface area contributed by atoms with E-state index in [1.54, 1.807) is 12.1 Å². The molecule has 7 heteroatoms. The molecule has 1 saturated heterocycles. The highest BCUT2D eigenvalue weighted by Crippen LogP contribution is 2.31. The van der Waals surface area contributed by atoms with E-state index >= 15 is 0 Å². The van der Waals surface area contributed by atoms with E-state index < -0.39 is 12.1 Å². The van der Waals surface area contributed by atoms with Crippen molar-refractivity contribution in [2.45, 2.75) is 25.0 Å². The summed E-state index contributed by atoms with van der Waals surface area (Å²) in [6.45, 7) is 0.148. The summed E-state index contributed by atoms with van der Waals surface area (Å²) in [5, 5.41) is 25.0. The number of para-hydroxylation sites is 1. The van der Waals surface area contributed by atoms with Gasteiger partial charge in [0.15, 0.2) is 0 Å². The summed E-state index contributed by atoms with van der Waals surface area (Å²) in [7, 11) is 0. The molecule has 1 aromatic heterocycles. The number of carbonyl (C=O) groups excluding carboxylic acids is 2. The number of hydrogen-bond donors (Lipinski definition) is 4. The molecule has 0 bridgehead atoms. The van der Waals surface area contributed by atoms with Gasteiger partial charge in [0.2, 0.25) is 11.8 Å². The van der Waals surface area contributed by atoms with Gasteiger partial charge < -0.3 is 20.7 Å². The number of hydrogen-bond acceptors (Lipinski definition) is 4. The lowest BCUT2D eigenvalue weighted by molar-refractivity contribution is -0.128. The summed E-state index contributed by atoms with van der Waals surface area (Å²) >= 11 is 0. The first kappa shape index (κ1) is 18.7. The first-order chi connectivity index (χ1) is 14.1. The molecule has 2 aromatic carbocycles. The summed E-state index contributed by atoms with van der Waals surface area (Å²) in [6.07, 6.45) is -0.259. The summed E-state index contributed by atoms with van der Waals surface area (Å²) in [5.41, 5.74) is 4.38. The molecule has 1 aliphatic rings. The van der Waals surface area contributed by atoms with E-state index in [0.29, 0.717) is 12.0 Å². The van der Waals surface area contributed by atoms with Crippen LogP contribution in [-0.2, 0) is 16.0 Å². The molecule has 2 unspecified atom stereocenters. The smallest absolute Gasteiger partial charge is 0.245 e. The average Bonchev–Trinajstić information content (AvgIpc) is 3.27. The topological polar surface area (TPSA) is 118 Å². The standard InChI is InChI=1S/C22H20N4O3/c23-11-13-5-7-14(8-6-13)20-16(15-3-1-2-4-17(15)25-20)9-10-19(28)26-21-18(27)12-24-22(21)29/h1-8,18,21,25,27H,9-10,12H2,(H,24,29)(H,26,28). The molecule has 0 spiro atoms. The number of aryl methyl sites for hydroxylation is 1. The number of aromatic nitrogens is 1. The van der Waals surface area contributed by atoms with Crippen LogP contribution in [0.3, 0.4) is 0 Å². The Hall–Kier alpha value is -3.63. The minimum atomic E-state index is -0.909. The Bertz CT molecular complexity index is 1110. The van der Waals surface area contributed by atoms with E-state index in [4.69, 9.17) is 5.26 Å². The lowest BCUT2D eigenvalue weighted by atomic mass is 10.00. The van der Waals surface area contributed by atoms with Crippen LogP contribution in [0.15, 0.2) is 48.5 Å².